The molecule has 0 saturated heterocycles. The zero-order valence-electron chi connectivity index (χ0n) is 10.8. The normalized spacial score (nSPS) is 11.5. The molecule has 5 nitrogen and oxygen atoms in total. The van der Waals surface area contributed by atoms with Crippen molar-refractivity contribution in [3.8, 4) is 0 Å². The van der Waals surface area contributed by atoms with Crippen LogP contribution < -0.4 is 5.32 Å². The van der Waals surface area contributed by atoms with E-state index in [1.54, 1.807) is 23.1 Å². The maximum Gasteiger partial charge on any atom is 0.194 e. The third-order valence-corrected chi connectivity index (χ3v) is 4.68. The summed E-state index contributed by atoms with van der Waals surface area (Å²) in [5, 5.41) is 7.42. The smallest absolute Gasteiger partial charge is 0.194 e. The van der Waals surface area contributed by atoms with Crippen molar-refractivity contribution in [3.05, 3.63) is 29.7 Å². The van der Waals surface area contributed by atoms with E-state index < -0.39 is 0 Å². The lowest BCUT2D eigenvalue weighted by Crippen LogP contribution is -2.13. The van der Waals surface area contributed by atoms with Crippen LogP contribution in [0, 0.1) is 0 Å². The lowest BCUT2D eigenvalue weighted by Gasteiger charge is -2.04. The molecule has 0 bridgehead atoms. The number of aromatic nitrogens is 4. The van der Waals surface area contributed by atoms with Gasteiger partial charge in [0.1, 0.15) is 5.03 Å². The number of hydrogen-bond acceptors (Lipinski definition) is 5. The topological polar surface area (TPSA) is 47.2 Å². The summed E-state index contributed by atoms with van der Waals surface area (Å²) in [6.45, 7) is 3.88. The molecule has 3 aromatic rings. The van der Waals surface area contributed by atoms with Crippen LogP contribution in [-0.2, 0) is 13.6 Å². The van der Waals surface area contributed by atoms with Crippen molar-refractivity contribution < 1.29 is 0 Å². The molecule has 7 heteroatoms. The van der Waals surface area contributed by atoms with Crippen LogP contribution in [0.15, 0.2) is 34.2 Å². The Bertz CT molecular complexity index is 681. The highest BCUT2D eigenvalue weighted by atomic mass is 32.2. The Morgan fingerprint density at radius 1 is 1.42 bits per heavy atom. The number of nitrogens with one attached hydrogen (secondary N) is 1. The average molecular weight is 293 g/mol. The Morgan fingerprint density at radius 2 is 2.32 bits per heavy atom. The summed E-state index contributed by atoms with van der Waals surface area (Å²) in [5.41, 5.74) is 1.20. The second-order valence-corrected chi connectivity index (χ2v) is 5.95. The molecule has 3 rings (SSSR count). The van der Waals surface area contributed by atoms with E-state index in [-0.39, 0.29) is 0 Å². The zero-order chi connectivity index (χ0) is 13.2. The van der Waals surface area contributed by atoms with E-state index >= 15 is 0 Å². The summed E-state index contributed by atoms with van der Waals surface area (Å²) < 4.78 is 4.16. The fraction of sp³-hybridized carbons (Fsp3) is 0.333. The van der Waals surface area contributed by atoms with Gasteiger partial charge in [0.05, 0.1) is 5.69 Å². The SMILES string of the molecule is CCNCc1c(Sc2nccn2C)nc2sccn12. The van der Waals surface area contributed by atoms with Crippen molar-refractivity contribution in [2.75, 3.05) is 6.54 Å². The quantitative estimate of drug-likeness (QED) is 0.784. The molecule has 0 saturated carbocycles. The number of imidazole rings is 2. The predicted octanol–water partition coefficient (Wildman–Crippen LogP) is 2.39. The molecule has 0 atom stereocenters. The highest BCUT2D eigenvalue weighted by molar-refractivity contribution is 7.99. The maximum absolute atomic E-state index is 4.69. The minimum Gasteiger partial charge on any atom is -0.329 e. The monoisotopic (exact) mass is 293 g/mol. The molecule has 0 aliphatic heterocycles. The molecule has 0 aliphatic carbocycles. The molecule has 0 radical (unpaired) electrons. The van der Waals surface area contributed by atoms with E-state index in [9.17, 15) is 0 Å². The van der Waals surface area contributed by atoms with Gasteiger partial charge in [0.2, 0.25) is 0 Å². The molecule has 0 amide bonds. The first-order valence-corrected chi connectivity index (χ1v) is 7.79. The van der Waals surface area contributed by atoms with Gasteiger partial charge in [-0.05, 0) is 18.3 Å². The second kappa shape index (κ2) is 5.36. The second-order valence-electron chi connectivity index (χ2n) is 4.12. The molecule has 0 aromatic carbocycles. The van der Waals surface area contributed by atoms with Crippen molar-refractivity contribution in [3.63, 3.8) is 0 Å². The van der Waals surface area contributed by atoms with Crippen molar-refractivity contribution in [2.24, 2.45) is 7.05 Å². The first-order valence-electron chi connectivity index (χ1n) is 6.10. The minimum absolute atomic E-state index is 0.821. The molecule has 0 unspecified atom stereocenters. The number of aryl methyl sites for hydroxylation is 1. The molecule has 3 aromatic heterocycles. The Labute approximate surface area is 119 Å². The first-order chi connectivity index (χ1) is 9.29. The van der Waals surface area contributed by atoms with Crippen LogP contribution in [0.3, 0.4) is 0 Å². The van der Waals surface area contributed by atoms with Crippen LogP contribution in [0.25, 0.3) is 4.96 Å². The summed E-state index contributed by atoms with van der Waals surface area (Å²) in [6.07, 6.45) is 5.83. The van der Waals surface area contributed by atoms with Crippen LogP contribution in [0.5, 0.6) is 0 Å². The lowest BCUT2D eigenvalue weighted by atomic mass is 10.4. The van der Waals surface area contributed by atoms with Crippen molar-refractivity contribution in [2.45, 2.75) is 23.7 Å². The fourth-order valence-electron chi connectivity index (χ4n) is 1.84. The number of rotatable bonds is 5. The van der Waals surface area contributed by atoms with Crippen LogP contribution in [0.2, 0.25) is 0 Å². The van der Waals surface area contributed by atoms with Crippen LogP contribution in [-0.4, -0.2) is 25.5 Å². The zero-order valence-corrected chi connectivity index (χ0v) is 12.5. The fourth-order valence-corrected chi connectivity index (χ4v) is 3.54. The number of nitrogens with zero attached hydrogens (tertiary/aromatic N) is 4. The molecular formula is C12H15N5S2. The Morgan fingerprint density at radius 3 is 3.05 bits per heavy atom. The molecule has 0 fully saturated rings. The highest BCUT2D eigenvalue weighted by Crippen LogP contribution is 2.30. The van der Waals surface area contributed by atoms with Gasteiger partial charge in [0.25, 0.3) is 0 Å². The minimum atomic E-state index is 0.821. The van der Waals surface area contributed by atoms with E-state index in [1.807, 2.05) is 24.0 Å². The van der Waals surface area contributed by atoms with E-state index in [2.05, 4.69) is 33.2 Å². The van der Waals surface area contributed by atoms with Gasteiger partial charge in [-0.15, -0.1) is 11.3 Å². The van der Waals surface area contributed by atoms with Gasteiger partial charge in [-0.1, -0.05) is 6.92 Å². The van der Waals surface area contributed by atoms with E-state index in [0.29, 0.717) is 0 Å². The summed E-state index contributed by atoms with van der Waals surface area (Å²) >= 11 is 3.27. The van der Waals surface area contributed by atoms with E-state index in [4.69, 9.17) is 4.98 Å². The maximum atomic E-state index is 4.69. The van der Waals surface area contributed by atoms with Gasteiger partial charge in [0, 0.05) is 37.6 Å². The molecule has 1 N–H and O–H groups in total. The molecule has 0 spiro atoms. The van der Waals surface area contributed by atoms with Gasteiger partial charge < -0.3 is 9.88 Å². The largest absolute Gasteiger partial charge is 0.329 e. The summed E-state index contributed by atoms with van der Waals surface area (Å²) in [4.78, 5) is 10.1. The Kier molecular flexibility index (Phi) is 3.58. The number of thiazole rings is 1. The summed E-state index contributed by atoms with van der Waals surface area (Å²) in [7, 11) is 2.00. The van der Waals surface area contributed by atoms with Gasteiger partial charge in [0.15, 0.2) is 10.1 Å². The molecular weight excluding hydrogens is 278 g/mol. The Hall–Kier alpha value is -1.31. The van der Waals surface area contributed by atoms with Gasteiger partial charge in [-0.2, -0.15) is 0 Å². The molecule has 19 heavy (non-hydrogen) atoms. The van der Waals surface area contributed by atoms with Gasteiger partial charge >= 0.3 is 0 Å². The molecule has 0 aliphatic rings. The molecule has 100 valence electrons. The van der Waals surface area contributed by atoms with Crippen molar-refractivity contribution in [1.29, 1.82) is 0 Å². The number of hydrogen-bond donors (Lipinski definition) is 1. The van der Waals surface area contributed by atoms with Crippen LogP contribution in [0.4, 0.5) is 0 Å². The number of fused-ring (bicyclic) bond motifs is 1. The van der Waals surface area contributed by atoms with Crippen molar-refractivity contribution in [1.82, 2.24) is 24.3 Å². The summed E-state index contributed by atoms with van der Waals surface area (Å²) in [6, 6.07) is 0. The van der Waals surface area contributed by atoms with Gasteiger partial charge in [-0.3, -0.25) is 4.40 Å². The standard InChI is InChI=1S/C12H15N5S2/c1-3-13-8-9-10(15-12-17(9)6-7-18-12)19-11-14-4-5-16(11)2/h4-7,13H,3,8H2,1-2H3. The van der Waals surface area contributed by atoms with Gasteiger partial charge in [-0.25, -0.2) is 9.97 Å². The first kappa shape index (κ1) is 12.7. The molecule has 3 heterocycles. The van der Waals surface area contributed by atoms with E-state index in [1.165, 1.54) is 5.69 Å². The third-order valence-electron chi connectivity index (χ3n) is 2.83. The van der Waals surface area contributed by atoms with Crippen LogP contribution >= 0.6 is 23.1 Å². The highest BCUT2D eigenvalue weighted by Gasteiger charge is 2.15. The average Bonchev–Trinajstić information content (AvgIpc) is 3.06. The lowest BCUT2D eigenvalue weighted by molar-refractivity contribution is 0.693. The van der Waals surface area contributed by atoms with Crippen LogP contribution in [0.1, 0.15) is 12.6 Å². The summed E-state index contributed by atoms with van der Waals surface area (Å²) in [5.74, 6) is 0. The predicted molar refractivity (Wildman–Crippen MR) is 77.8 cm³/mol. The Balaban J connectivity index is 1.97. The third kappa shape index (κ3) is 2.41. The van der Waals surface area contributed by atoms with Crippen molar-refractivity contribution >= 4 is 28.1 Å². The van der Waals surface area contributed by atoms with E-state index in [0.717, 1.165) is 28.2 Å².